The van der Waals surface area contributed by atoms with E-state index in [1.807, 2.05) is 0 Å². The molecule has 11 heavy (non-hydrogen) atoms. The molecule has 1 saturated carbocycles. The zero-order chi connectivity index (χ0) is 8.27. The summed E-state index contributed by atoms with van der Waals surface area (Å²) in [5.74, 6) is -0.473. The molecule has 62 valence electrons. The van der Waals surface area contributed by atoms with E-state index in [0.717, 1.165) is 0 Å². The Morgan fingerprint density at radius 1 is 1.73 bits per heavy atom. The van der Waals surface area contributed by atoms with Crippen LogP contribution in [0.4, 0.5) is 0 Å². The van der Waals surface area contributed by atoms with Gasteiger partial charge < -0.3 is 9.47 Å². The summed E-state index contributed by atoms with van der Waals surface area (Å²) in [6, 6.07) is 0. The molecule has 2 atom stereocenters. The molecular formula is C7H10O4. The molecule has 0 spiro atoms. The maximum atomic E-state index is 10.9. The van der Waals surface area contributed by atoms with Gasteiger partial charge in [0.15, 0.2) is 0 Å². The third-order valence-electron chi connectivity index (χ3n) is 1.55. The smallest absolute Gasteiger partial charge is 0.312 e. The van der Waals surface area contributed by atoms with Crippen LogP contribution < -0.4 is 0 Å². The topological polar surface area (TPSA) is 52.6 Å². The SMILES string of the molecule is CCOC(=O)C1CC1OC=O. The van der Waals surface area contributed by atoms with Crippen LogP contribution in [0.15, 0.2) is 0 Å². The van der Waals surface area contributed by atoms with Gasteiger partial charge in [-0.15, -0.1) is 0 Å². The molecule has 0 heterocycles. The first kappa shape index (κ1) is 8.04. The number of hydrogen-bond donors (Lipinski definition) is 0. The second-order valence-electron chi connectivity index (χ2n) is 2.37. The van der Waals surface area contributed by atoms with Gasteiger partial charge in [0.2, 0.25) is 0 Å². The third kappa shape index (κ3) is 1.93. The second-order valence-corrected chi connectivity index (χ2v) is 2.37. The van der Waals surface area contributed by atoms with Gasteiger partial charge in [0, 0.05) is 6.42 Å². The minimum absolute atomic E-state index is 0.208. The van der Waals surface area contributed by atoms with Gasteiger partial charge in [-0.3, -0.25) is 9.59 Å². The largest absolute Gasteiger partial charge is 0.466 e. The lowest BCUT2D eigenvalue weighted by atomic mass is 10.4. The van der Waals surface area contributed by atoms with Crippen molar-refractivity contribution in [2.24, 2.45) is 5.92 Å². The van der Waals surface area contributed by atoms with Crippen molar-refractivity contribution in [1.29, 1.82) is 0 Å². The van der Waals surface area contributed by atoms with Crippen molar-refractivity contribution < 1.29 is 19.1 Å². The standard InChI is InChI=1S/C7H10O4/c1-2-10-7(9)5-3-6(5)11-4-8/h4-6H,2-3H2,1H3. The van der Waals surface area contributed by atoms with E-state index in [9.17, 15) is 9.59 Å². The van der Waals surface area contributed by atoms with Crippen LogP contribution >= 0.6 is 0 Å². The Labute approximate surface area is 64.5 Å². The molecule has 0 saturated heterocycles. The molecule has 0 aliphatic heterocycles. The van der Waals surface area contributed by atoms with Gasteiger partial charge in [0.1, 0.15) is 6.10 Å². The monoisotopic (exact) mass is 158 g/mol. The van der Waals surface area contributed by atoms with Crippen LogP contribution in [-0.2, 0) is 19.1 Å². The molecule has 0 aromatic heterocycles. The molecule has 0 aromatic carbocycles. The van der Waals surface area contributed by atoms with Gasteiger partial charge in [0.25, 0.3) is 6.47 Å². The van der Waals surface area contributed by atoms with Crippen LogP contribution in [0.5, 0.6) is 0 Å². The zero-order valence-corrected chi connectivity index (χ0v) is 6.28. The normalized spacial score (nSPS) is 27.4. The van der Waals surface area contributed by atoms with Gasteiger partial charge in [-0.2, -0.15) is 0 Å². The summed E-state index contributed by atoms with van der Waals surface area (Å²) in [6.45, 7) is 2.49. The van der Waals surface area contributed by atoms with Crippen molar-refractivity contribution in [2.45, 2.75) is 19.4 Å². The first-order valence-corrected chi connectivity index (χ1v) is 3.55. The first-order valence-electron chi connectivity index (χ1n) is 3.55. The van der Waals surface area contributed by atoms with Gasteiger partial charge in [-0.1, -0.05) is 0 Å². The fourth-order valence-electron chi connectivity index (χ4n) is 0.891. The van der Waals surface area contributed by atoms with Crippen LogP contribution in [-0.4, -0.2) is 25.2 Å². The van der Waals surface area contributed by atoms with E-state index in [4.69, 9.17) is 4.74 Å². The molecule has 1 fully saturated rings. The highest BCUT2D eigenvalue weighted by atomic mass is 16.6. The Kier molecular flexibility index (Phi) is 2.46. The maximum absolute atomic E-state index is 10.9. The molecule has 0 bridgehead atoms. The number of rotatable bonds is 4. The molecule has 0 radical (unpaired) electrons. The maximum Gasteiger partial charge on any atom is 0.312 e. The lowest BCUT2D eigenvalue weighted by molar-refractivity contribution is -0.146. The van der Waals surface area contributed by atoms with Crippen molar-refractivity contribution >= 4 is 12.4 Å². The molecule has 0 amide bonds. The molecule has 4 nitrogen and oxygen atoms in total. The molecule has 0 N–H and O–H groups in total. The van der Waals surface area contributed by atoms with Gasteiger partial charge in [-0.25, -0.2) is 0 Å². The molecule has 4 heteroatoms. The predicted molar refractivity (Wildman–Crippen MR) is 35.7 cm³/mol. The summed E-state index contributed by atoms with van der Waals surface area (Å²) in [6.07, 6.45) is 0.379. The average molecular weight is 158 g/mol. The van der Waals surface area contributed by atoms with Crippen molar-refractivity contribution in [3.8, 4) is 0 Å². The highest BCUT2D eigenvalue weighted by Gasteiger charge is 2.46. The third-order valence-corrected chi connectivity index (χ3v) is 1.55. The predicted octanol–water partition coefficient (Wildman–Crippen LogP) is 0.111. The Bertz CT molecular complexity index is 166. The van der Waals surface area contributed by atoms with Crippen LogP contribution in [0.2, 0.25) is 0 Å². The number of carbonyl (C=O) groups excluding carboxylic acids is 2. The Morgan fingerprint density at radius 3 is 3.00 bits per heavy atom. The quantitative estimate of drug-likeness (QED) is 0.430. The van der Waals surface area contributed by atoms with E-state index in [1.165, 1.54) is 0 Å². The number of esters is 1. The van der Waals surface area contributed by atoms with Gasteiger partial charge in [-0.05, 0) is 6.92 Å². The van der Waals surface area contributed by atoms with Gasteiger partial charge in [0.05, 0.1) is 12.5 Å². The van der Waals surface area contributed by atoms with E-state index in [0.29, 0.717) is 19.5 Å². The zero-order valence-electron chi connectivity index (χ0n) is 6.28. The van der Waals surface area contributed by atoms with E-state index in [-0.39, 0.29) is 18.0 Å². The van der Waals surface area contributed by atoms with Crippen LogP contribution in [0.25, 0.3) is 0 Å². The van der Waals surface area contributed by atoms with Crippen molar-refractivity contribution in [3.05, 3.63) is 0 Å². The highest BCUT2D eigenvalue weighted by Crippen LogP contribution is 2.34. The summed E-state index contributed by atoms with van der Waals surface area (Å²) in [4.78, 5) is 20.7. The minimum atomic E-state index is -0.264. The van der Waals surface area contributed by atoms with Crippen molar-refractivity contribution in [3.63, 3.8) is 0 Å². The summed E-state index contributed by atoms with van der Waals surface area (Å²) in [5.41, 5.74) is 0. The fraction of sp³-hybridized carbons (Fsp3) is 0.714. The van der Waals surface area contributed by atoms with E-state index in [1.54, 1.807) is 6.92 Å². The minimum Gasteiger partial charge on any atom is -0.466 e. The second kappa shape index (κ2) is 3.37. The summed E-state index contributed by atoms with van der Waals surface area (Å²) >= 11 is 0. The lowest BCUT2D eigenvalue weighted by Crippen LogP contribution is -2.10. The van der Waals surface area contributed by atoms with E-state index < -0.39 is 0 Å². The number of hydrogen-bond acceptors (Lipinski definition) is 4. The Hall–Kier alpha value is -1.06. The van der Waals surface area contributed by atoms with Crippen LogP contribution in [0, 0.1) is 5.92 Å². The molecule has 1 rings (SSSR count). The van der Waals surface area contributed by atoms with Gasteiger partial charge >= 0.3 is 5.97 Å². The molecule has 1 aliphatic carbocycles. The number of ether oxygens (including phenoxy) is 2. The van der Waals surface area contributed by atoms with E-state index >= 15 is 0 Å². The first-order chi connectivity index (χ1) is 5.29. The van der Waals surface area contributed by atoms with Crippen molar-refractivity contribution in [1.82, 2.24) is 0 Å². The van der Waals surface area contributed by atoms with Crippen LogP contribution in [0.3, 0.4) is 0 Å². The number of carbonyl (C=O) groups is 2. The fourth-order valence-corrected chi connectivity index (χ4v) is 0.891. The highest BCUT2D eigenvalue weighted by molar-refractivity contribution is 5.76. The Balaban J connectivity index is 2.20. The summed E-state index contributed by atoms with van der Waals surface area (Å²) < 4.78 is 9.26. The summed E-state index contributed by atoms with van der Waals surface area (Å²) in [7, 11) is 0. The summed E-state index contributed by atoms with van der Waals surface area (Å²) in [5, 5.41) is 0. The van der Waals surface area contributed by atoms with Crippen LogP contribution in [0.1, 0.15) is 13.3 Å². The van der Waals surface area contributed by atoms with E-state index in [2.05, 4.69) is 4.74 Å². The molecule has 2 unspecified atom stereocenters. The lowest BCUT2D eigenvalue weighted by Gasteiger charge is -1.98. The average Bonchev–Trinajstić information content (AvgIpc) is 2.69. The van der Waals surface area contributed by atoms with Crippen molar-refractivity contribution in [2.75, 3.05) is 6.61 Å². The molecule has 1 aliphatic rings. The Morgan fingerprint density at radius 2 is 2.45 bits per heavy atom. The molecular weight excluding hydrogens is 148 g/mol. The molecule has 0 aromatic rings.